The number of amides is 1. The average molecular weight is 446 g/mol. The van der Waals surface area contributed by atoms with Crippen molar-refractivity contribution in [2.24, 2.45) is 0 Å². The molecule has 1 N–H and O–H groups in total. The van der Waals surface area contributed by atoms with Crippen LogP contribution in [0.1, 0.15) is 51.8 Å². The van der Waals surface area contributed by atoms with E-state index in [0.29, 0.717) is 35.9 Å². The Labute approximate surface area is 193 Å². The molecule has 33 heavy (non-hydrogen) atoms. The minimum atomic E-state index is -0.609. The number of hydrogen-bond donors (Lipinski definition) is 1. The lowest BCUT2D eigenvalue weighted by molar-refractivity contribution is 0.0584. The van der Waals surface area contributed by atoms with Crippen molar-refractivity contribution in [3.8, 4) is 17.3 Å². The molecule has 0 atom stereocenters. The lowest BCUT2D eigenvalue weighted by atomic mass is 10.0. The third-order valence-corrected chi connectivity index (χ3v) is 5.14. The van der Waals surface area contributed by atoms with Gasteiger partial charge in [0.05, 0.1) is 28.8 Å². The van der Waals surface area contributed by atoms with Gasteiger partial charge in [0, 0.05) is 30.5 Å². The predicted octanol–water partition coefficient (Wildman–Crippen LogP) is 4.83. The molecule has 0 aliphatic carbocycles. The third kappa shape index (κ3) is 4.80. The number of carbonyl (C=O) groups is 1. The largest absolute Gasteiger partial charge is 0.443 e. The third-order valence-electron chi connectivity index (χ3n) is 5.14. The van der Waals surface area contributed by atoms with Crippen LogP contribution >= 0.6 is 0 Å². The van der Waals surface area contributed by atoms with Crippen LogP contribution in [-0.4, -0.2) is 38.0 Å². The van der Waals surface area contributed by atoms with E-state index in [4.69, 9.17) is 4.74 Å². The fraction of sp³-hybridized carbons (Fsp3) is 0.375. The second-order valence-corrected chi connectivity index (χ2v) is 9.22. The van der Waals surface area contributed by atoms with E-state index in [-0.39, 0.29) is 6.04 Å². The number of fused-ring (bicyclic) bond motifs is 1. The van der Waals surface area contributed by atoms with Crippen LogP contribution in [0.5, 0.6) is 0 Å². The van der Waals surface area contributed by atoms with Gasteiger partial charge in [-0.05, 0) is 64.8 Å². The van der Waals surface area contributed by atoms with Gasteiger partial charge in [0.15, 0.2) is 0 Å². The minimum Gasteiger partial charge on any atom is -0.443 e. The van der Waals surface area contributed by atoms with Gasteiger partial charge in [-0.2, -0.15) is 10.4 Å². The highest BCUT2D eigenvalue weighted by molar-refractivity contribution is 5.93. The van der Waals surface area contributed by atoms with Crippen molar-refractivity contribution in [2.45, 2.75) is 52.7 Å². The van der Waals surface area contributed by atoms with Gasteiger partial charge in [-0.15, -0.1) is 0 Å². The predicted molar refractivity (Wildman–Crippen MR) is 125 cm³/mol. The van der Waals surface area contributed by atoms with Crippen LogP contribution in [0.25, 0.3) is 11.3 Å². The summed E-state index contributed by atoms with van der Waals surface area (Å²) in [4.78, 5) is 23.1. The van der Waals surface area contributed by atoms with Crippen molar-refractivity contribution < 1.29 is 9.53 Å². The summed E-state index contributed by atoms with van der Waals surface area (Å²) >= 11 is 0. The summed E-state index contributed by atoms with van der Waals surface area (Å²) in [6, 6.07) is 8.01. The second kappa shape index (κ2) is 8.54. The molecular weight excluding hydrogens is 418 g/mol. The highest BCUT2D eigenvalue weighted by atomic mass is 16.6. The van der Waals surface area contributed by atoms with Crippen LogP contribution in [0.4, 0.5) is 22.1 Å². The van der Waals surface area contributed by atoms with E-state index >= 15 is 0 Å². The summed E-state index contributed by atoms with van der Waals surface area (Å²) in [7, 11) is 0. The number of hydrogen-bond acceptors (Lipinski definition) is 7. The quantitative estimate of drug-likeness (QED) is 0.612. The zero-order valence-electron chi connectivity index (χ0n) is 19.5. The number of nitriles is 1. The number of carbonyl (C=O) groups excluding carboxylic acids is 1. The lowest BCUT2D eigenvalue weighted by Gasteiger charge is -2.25. The lowest BCUT2D eigenvalue weighted by Crippen LogP contribution is -2.36. The Balaban J connectivity index is 1.63. The van der Waals surface area contributed by atoms with E-state index in [2.05, 4.69) is 40.3 Å². The molecule has 170 valence electrons. The molecule has 0 unspecified atom stereocenters. The molecule has 1 aromatic carbocycles. The Morgan fingerprint density at radius 1 is 1.30 bits per heavy atom. The molecule has 0 radical (unpaired) electrons. The smallest absolute Gasteiger partial charge is 0.414 e. The molecule has 1 aliphatic heterocycles. The summed E-state index contributed by atoms with van der Waals surface area (Å²) in [5, 5.41) is 17.3. The second-order valence-electron chi connectivity index (χ2n) is 9.22. The van der Waals surface area contributed by atoms with Crippen LogP contribution in [-0.2, 0) is 11.2 Å². The number of aromatic nitrogens is 4. The first-order chi connectivity index (χ1) is 15.6. The molecule has 0 fully saturated rings. The Hall–Kier alpha value is -3.93. The van der Waals surface area contributed by atoms with Crippen molar-refractivity contribution in [1.82, 2.24) is 19.7 Å². The van der Waals surface area contributed by atoms with Crippen LogP contribution in [0.15, 0.2) is 36.8 Å². The Bertz CT molecular complexity index is 1230. The molecule has 9 nitrogen and oxygen atoms in total. The van der Waals surface area contributed by atoms with E-state index < -0.39 is 11.7 Å². The molecule has 0 spiro atoms. The first kappa shape index (κ1) is 22.3. The van der Waals surface area contributed by atoms with Crippen LogP contribution < -0.4 is 10.2 Å². The van der Waals surface area contributed by atoms with E-state index in [9.17, 15) is 10.1 Å². The molecule has 0 bridgehead atoms. The summed E-state index contributed by atoms with van der Waals surface area (Å²) in [6.07, 6.45) is 5.49. The Morgan fingerprint density at radius 3 is 2.76 bits per heavy atom. The minimum absolute atomic E-state index is 0.254. The van der Waals surface area contributed by atoms with E-state index in [1.54, 1.807) is 29.4 Å². The monoisotopic (exact) mass is 445 g/mol. The number of anilines is 3. The van der Waals surface area contributed by atoms with Gasteiger partial charge in [0.2, 0.25) is 5.95 Å². The van der Waals surface area contributed by atoms with Crippen molar-refractivity contribution in [1.29, 1.82) is 5.26 Å². The van der Waals surface area contributed by atoms with Gasteiger partial charge in [0.1, 0.15) is 11.7 Å². The number of rotatable bonds is 4. The molecule has 2 aromatic heterocycles. The van der Waals surface area contributed by atoms with Crippen molar-refractivity contribution in [3.63, 3.8) is 0 Å². The summed E-state index contributed by atoms with van der Waals surface area (Å²) in [5.41, 5.74) is 3.60. The van der Waals surface area contributed by atoms with E-state index in [0.717, 1.165) is 16.8 Å². The van der Waals surface area contributed by atoms with Gasteiger partial charge in [0.25, 0.3) is 0 Å². The molecule has 0 saturated heterocycles. The number of ether oxygens (including phenoxy) is 1. The summed E-state index contributed by atoms with van der Waals surface area (Å²) in [6.45, 7) is 10.1. The van der Waals surface area contributed by atoms with Gasteiger partial charge < -0.3 is 10.1 Å². The molecule has 0 saturated carbocycles. The highest BCUT2D eigenvalue weighted by Crippen LogP contribution is 2.36. The molecule has 4 rings (SSSR count). The first-order valence-electron chi connectivity index (χ1n) is 10.9. The van der Waals surface area contributed by atoms with Crippen LogP contribution in [0.3, 0.4) is 0 Å². The first-order valence-corrected chi connectivity index (χ1v) is 10.9. The maximum absolute atomic E-state index is 12.7. The van der Waals surface area contributed by atoms with Gasteiger partial charge >= 0.3 is 6.09 Å². The molecule has 9 heteroatoms. The van der Waals surface area contributed by atoms with Crippen LogP contribution in [0.2, 0.25) is 0 Å². The van der Waals surface area contributed by atoms with E-state index in [1.165, 1.54) is 0 Å². The zero-order valence-corrected chi connectivity index (χ0v) is 19.5. The highest BCUT2D eigenvalue weighted by Gasteiger charge is 2.31. The molecule has 3 aromatic rings. The molecular formula is C24H27N7O2. The Morgan fingerprint density at radius 2 is 2.09 bits per heavy atom. The fourth-order valence-corrected chi connectivity index (χ4v) is 3.67. The maximum atomic E-state index is 12.7. The fourth-order valence-electron chi connectivity index (χ4n) is 3.67. The number of nitrogens with one attached hydrogen (secondary N) is 1. The van der Waals surface area contributed by atoms with Crippen molar-refractivity contribution >= 4 is 23.4 Å². The topological polar surface area (TPSA) is 109 Å². The van der Waals surface area contributed by atoms with Gasteiger partial charge in [-0.25, -0.2) is 14.8 Å². The van der Waals surface area contributed by atoms with Gasteiger partial charge in [-0.3, -0.25) is 9.58 Å². The zero-order chi connectivity index (χ0) is 23.8. The summed E-state index contributed by atoms with van der Waals surface area (Å²) < 4.78 is 7.37. The normalized spacial score (nSPS) is 13.1. The summed E-state index contributed by atoms with van der Waals surface area (Å²) in [5.74, 6) is 0.435. The SMILES string of the molecule is CC(C)n1cc(Nc2nccc(-c3cc(C#N)c4c(c3)CCN4C(=O)OC(C)(C)C)n2)cn1. The Kier molecular flexibility index (Phi) is 5.77. The van der Waals surface area contributed by atoms with Crippen molar-refractivity contribution in [2.75, 3.05) is 16.8 Å². The number of benzene rings is 1. The molecule has 1 aliphatic rings. The van der Waals surface area contributed by atoms with E-state index in [1.807, 2.05) is 37.7 Å². The average Bonchev–Trinajstić information content (AvgIpc) is 3.39. The van der Waals surface area contributed by atoms with Crippen LogP contribution in [0, 0.1) is 11.3 Å². The molecule has 3 heterocycles. The maximum Gasteiger partial charge on any atom is 0.414 e. The molecule has 1 amide bonds. The van der Waals surface area contributed by atoms with Gasteiger partial charge in [-0.1, -0.05) is 0 Å². The number of nitrogens with zero attached hydrogens (tertiary/aromatic N) is 6. The van der Waals surface area contributed by atoms with Crippen molar-refractivity contribution in [3.05, 3.63) is 47.9 Å². The standard InChI is InChI=1S/C24H27N7O2/c1-15(2)31-14-19(13-27-31)28-22-26-8-6-20(29-22)17-10-16-7-9-30(21(16)18(11-17)12-25)23(32)33-24(3,4)5/h6,8,10-11,13-15H,7,9H2,1-5H3,(H,26,28,29).